The Balaban J connectivity index is 0. The Labute approximate surface area is 74.7 Å². The predicted molar refractivity (Wildman–Crippen MR) is 37.1 cm³/mol. The standard InChI is InChI=1S/C4H10N2.BH4.Na/c1-2-6-4-3-5-1;;/h5-6H,1-4H2;1H4;/q;-1;+1. The van der Waals surface area contributed by atoms with E-state index in [4.69, 9.17) is 0 Å². The van der Waals surface area contributed by atoms with Crippen molar-refractivity contribution in [3.05, 3.63) is 0 Å². The Hall–Kier alpha value is 0.985. The van der Waals surface area contributed by atoms with Crippen molar-refractivity contribution in [3.63, 3.8) is 0 Å². The van der Waals surface area contributed by atoms with Crippen LogP contribution in [-0.4, -0.2) is 34.6 Å². The number of hydrogen-bond acceptors (Lipinski definition) is 2. The second kappa shape index (κ2) is 7.98. The van der Waals surface area contributed by atoms with E-state index >= 15 is 0 Å². The molecule has 1 heterocycles. The van der Waals surface area contributed by atoms with Gasteiger partial charge in [0.1, 0.15) is 0 Å². The van der Waals surface area contributed by atoms with Gasteiger partial charge in [-0.1, -0.05) is 8.41 Å². The summed E-state index contributed by atoms with van der Waals surface area (Å²) >= 11 is 0. The van der Waals surface area contributed by atoms with E-state index in [0.717, 1.165) is 26.2 Å². The Kier molecular flexibility index (Phi) is 11.7. The van der Waals surface area contributed by atoms with Crippen molar-refractivity contribution < 1.29 is 29.6 Å². The van der Waals surface area contributed by atoms with Crippen LogP contribution in [0.4, 0.5) is 0 Å². The van der Waals surface area contributed by atoms with Crippen LogP contribution >= 0.6 is 0 Å². The van der Waals surface area contributed by atoms with Crippen LogP contribution in [-0.2, 0) is 0 Å². The van der Waals surface area contributed by atoms with E-state index in [1.165, 1.54) is 0 Å². The Morgan fingerprint density at radius 2 is 1.00 bits per heavy atom. The van der Waals surface area contributed by atoms with Gasteiger partial charge in [-0.25, -0.2) is 0 Å². The first kappa shape index (κ1) is 11.7. The Morgan fingerprint density at radius 1 is 0.750 bits per heavy atom. The van der Waals surface area contributed by atoms with Crippen molar-refractivity contribution in [1.29, 1.82) is 0 Å². The third kappa shape index (κ3) is 5.13. The van der Waals surface area contributed by atoms with Gasteiger partial charge in [0.15, 0.2) is 0 Å². The minimum Gasteiger partial charge on any atom is -0.314 e. The molecule has 0 aromatic rings. The molecule has 0 radical (unpaired) electrons. The van der Waals surface area contributed by atoms with Gasteiger partial charge < -0.3 is 10.6 Å². The van der Waals surface area contributed by atoms with E-state index < -0.39 is 0 Å². The van der Waals surface area contributed by atoms with Gasteiger partial charge in [-0.05, 0) is 0 Å². The molecule has 0 bridgehead atoms. The summed E-state index contributed by atoms with van der Waals surface area (Å²) in [4.78, 5) is 0. The molecule has 1 fully saturated rings. The average Bonchev–Trinajstić information content (AvgIpc) is 1.72. The maximum Gasteiger partial charge on any atom is 1.00 e. The topological polar surface area (TPSA) is 24.1 Å². The number of rotatable bonds is 0. The number of hydrogen-bond donors (Lipinski definition) is 2. The molecule has 1 saturated heterocycles. The van der Waals surface area contributed by atoms with E-state index in [0.29, 0.717) is 0 Å². The monoisotopic (exact) mass is 124 g/mol. The van der Waals surface area contributed by atoms with Crippen molar-refractivity contribution in [1.82, 2.24) is 10.6 Å². The third-order valence-electron chi connectivity index (χ3n) is 0.957. The quantitative estimate of drug-likeness (QED) is 0.315. The molecule has 8 heavy (non-hydrogen) atoms. The molecule has 0 aliphatic carbocycles. The molecular formula is C4H14BN2Na. The van der Waals surface area contributed by atoms with Crippen LogP contribution in [0.25, 0.3) is 0 Å². The van der Waals surface area contributed by atoms with Crippen LogP contribution in [0.1, 0.15) is 0 Å². The first-order valence-electron chi connectivity index (χ1n) is 2.41. The summed E-state index contributed by atoms with van der Waals surface area (Å²) in [5.41, 5.74) is 0. The summed E-state index contributed by atoms with van der Waals surface area (Å²) in [7, 11) is 0. The molecule has 0 amide bonds. The van der Waals surface area contributed by atoms with Crippen molar-refractivity contribution in [2.45, 2.75) is 0 Å². The van der Waals surface area contributed by atoms with Crippen LogP contribution in [0, 0.1) is 0 Å². The molecule has 0 spiro atoms. The van der Waals surface area contributed by atoms with Crippen molar-refractivity contribution in [2.75, 3.05) is 26.2 Å². The summed E-state index contributed by atoms with van der Waals surface area (Å²) < 4.78 is 0. The van der Waals surface area contributed by atoms with E-state index in [1.807, 2.05) is 0 Å². The molecule has 0 atom stereocenters. The van der Waals surface area contributed by atoms with Crippen LogP contribution in [0.2, 0.25) is 0 Å². The van der Waals surface area contributed by atoms with E-state index in [9.17, 15) is 0 Å². The Morgan fingerprint density at radius 3 is 1.12 bits per heavy atom. The van der Waals surface area contributed by atoms with Gasteiger partial charge in [-0.15, -0.1) is 0 Å². The average molecular weight is 124 g/mol. The molecule has 0 saturated carbocycles. The fraction of sp³-hybridized carbons (Fsp3) is 1.00. The molecule has 0 unspecified atom stereocenters. The van der Waals surface area contributed by atoms with Crippen molar-refractivity contribution in [2.24, 2.45) is 0 Å². The number of nitrogens with one attached hydrogen (secondary N) is 2. The molecule has 1 rings (SSSR count). The van der Waals surface area contributed by atoms with Gasteiger partial charge in [0.2, 0.25) is 0 Å². The first-order chi connectivity index (χ1) is 3.00. The van der Waals surface area contributed by atoms with Gasteiger partial charge in [0.05, 0.1) is 0 Å². The van der Waals surface area contributed by atoms with Crippen LogP contribution in [0.5, 0.6) is 0 Å². The molecule has 2 N–H and O–H groups in total. The second-order valence-corrected chi connectivity index (χ2v) is 1.50. The maximum atomic E-state index is 3.22. The minimum atomic E-state index is 0. The second-order valence-electron chi connectivity index (χ2n) is 1.50. The molecule has 0 aromatic heterocycles. The zero-order valence-corrected chi connectivity index (χ0v) is 6.83. The molecule has 1 aliphatic rings. The SMILES string of the molecule is C1CNCCN1.[BH4-].[Na+]. The molecule has 4 heteroatoms. The van der Waals surface area contributed by atoms with Gasteiger partial charge in [0, 0.05) is 26.2 Å². The van der Waals surface area contributed by atoms with E-state index in [-0.39, 0.29) is 38.0 Å². The van der Waals surface area contributed by atoms with Gasteiger partial charge in [0.25, 0.3) is 0 Å². The summed E-state index contributed by atoms with van der Waals surface area (Å²) in [5.74, 6) is 0. The van der Waals surface area contributed by atoms with Crippen molar-refractivity contribution in [3.8, 4) is 0 Å². The fourth-order valence-corrected chi connectivity index (χ4v) is 0.604. The van der Waals surface area contributed by atoms with Crippen LogP contribution in [0.15, 0.2) is 0 Å². The Bertz CT molecular complexity index is 29.5. The molecule has 0 aromatic carbocycles. The molecule has 1 aliphatic heterocycles. The zero-order chi connectivity index (χ0) is 4.24. The summed E-state index contributed by atoms with van der Waals surface area (Å²) in [6.45, 7) is 4.56. The van der Waals surface area contributed by atoms with Gasteiger partial charge in [-0.2, -0.15) is 0 Å². The predicted octanol–water partition coefficient (Wildman–Crippen LogP) is -5.27. The largest absolute Gasteiger partial charge is 1.00 e. The molecular weight excluding hydrogens is 110 g/mol. The summed E-state index contributed by atoms with van der Waals surface area (Å²) in [6.07, 6.45) is 0. The smallest absolute Gasteiger partial charge is 0.314 e. The zero-order valence-electron chi connectivity index (χ0n) is 4.83. The summed E-state index contributed by atoms with van der Waals surface area (Å²) in [6, 6.07) is 0. The van der Waals surface area contributed by atoms with Crippen LogP contribution < -0.4 is 40.2 Å². The first-order valence-corrected chi connectivity index (χ1v) is 2.41. The minimum absolute atomic E-state index is 0. The van der Waals surface area contributed by atoms with Gasteiger partial charge >= 0.3 is 29.6 Å². The van der Waals surface area contributed by atoms with E-state index in [2.05, 4.69) is 10.6 Å². The fourth-order valence-electron chi connectivity index (χ4n) is 0.604. The van der Waals surface area contributed by atoms with Crippen molar-refractivity contribution >= 4 is 8.41 Å². The molecule has 2 nitrogen and oxygen atoms in total. The molecule has 44 valence electrons. The van der Waals surface area contributed by atoms with Crippen LogP contribution in [0.3, 0.4) is 0 Å². The normalized spacial score (nSPS) is 18.0. The summed E-state index contributed by atoms with van der Waals surface area (Å²) in [5, 5.41) is 6.44. The number of piperazine rings is 1. The van der Waals surface area contributed by atoms with Gasteiger partial charge in [-0.3, -0.25) is 0 Å². The third-order valence-corrected chi connectivity index (χ3v) is 0.957. The maximum absolute atomic E-state index is 3.22. The van der Waals surface area contributed by atoms with E-state index in [1.54, 1.807) is 0 Å².